The topological polar surface area (TPSA) is 121 Å². The molecule has 0 aromatic heterocycles. The maximum Gasteiger partial charge on any atom is 0.369 e. The average Bonchev–Trinajstić information content (AvgIpc) is 2.63. The van der Waals surface area contributed by atoms with Crippen LogP contribution in [0.3, 0.4) is 0 Å². The highest BCUT2D eigenvalue weighted by Crippen LogP contribution is 2.20. The van der Waals surface area contributed by atoms with Gasteiger partial charge in [0.15, 0.2) is 0 Å². The number of anilines is 1. The number of morpholine rings is 1. The van der Waals surface area contributed by atoms with Crippen molar-refractivity contribution < 1.29 is 22.7 Å². The number of ether oxygens (including phenoxy) is 2. The molecule has 0 saturated carbocycles. The summed E-state index contributed by atoms with van der Waals surface area (Å²) in [6.07, 6.45) is 0. The molecule has 9 nitrogen and oxygen atoms in total. The van der Waals surface area contributed by atoms with Crippen molar-refractivity contribution in [1.82, 2.24) is 4.31 Å². The lowest BCUT2D eigenvalue weighted by Crippen LogP contribution is -2.40. The van der Waals surface area contributed by atoms with Crippen molar-refractivity contribution in [2.75, 3.05) is 38.3 Å². The van der Waals surface area contributed by atoms with E-state index < -0.39 is 21.7 Å². The minimum atomic E-state index is -3.65. The molecular formula is C15H18N4O5S. The second kappa shape index (κ2) is 8.57. The molecule has 1 saturated heterocycles. The van der Waals surface area contributed by atoms with Gasteiger partial charge in [0.25, 0.3) is 0 Å². The number of hydrazone groups is 1. The Hall–Kier alpha value is -2.48. The zero-order valence-electron chi connectivity index (χ0n) is 13.6. The van der Waals surface area contributed by atoms with E-state index in [1.54, 1.807) is 25.1 Å². The summed E-state index contributed by atoms with van der Waals surface area (Å²) in [5, 5.41) is 12.6. The Morgan fingerprint density at radius 1 is 1.44 bits per heavy atom. The Labute approximate surface area is 145 Å². The summed E-state index contributed by atoms with van der Waals surface area (Å²) >= 11 is 0. The number of hydrogen-bond donors (Lipinski definition) is 1. The maximum absolute atomic E-state index is 12.6. The first-order valence-electron chi connectivity index (χ1n) is 7.58. The molecule has 0 radical (unpaired) electrons. The molecule has 1 N–H and O–H groups in total. The Balaban J connectivity index is 2.18. The fourth-order valence-electron chi connectivity index (χ4n) is 2.10. The first-order valence-corrected chi connectivity index (χ1v) is 9.02. The summed E-state index contributed by atoms with van der Waals surface area (Å²) in [6.45, 7) is 3.02. The van der Waals surface area contributed by atoms with E-state index in [-0.39, 0.29) is 11.5 Å². The fourth-order valence-corrected chi connectivity index (χ4v) is 3.55. The van der Waals surface area contributed by atoms with E-state index >= 15 is 0 Å². The van der Waals surface area contributed by atoms with Gasteiger partial charge in [-0.15, -0.1) is 0 Å². The molecule has 0 aliphatic carbocycles. The van der Waals surface area contributed by atoms with Crippen LogP contribution in [0.1, 0.15) is 6.92 Å². The molecule has 10 heteroatoms. The lowest BCUT2D eigenvalue weighted by Gasteiger charge is -2.26. The molecule has 0 unspecified atom stereocenters. The minimum Gasteiger partial charge on any atom is -0.461 e. The number of carbonyl (C=O) groups is 1. The second-order valence-electron chi connectivity index (χ2n) is 4.95. The predicted octanol–water partition coefficient (Wildman–Crippen LogP) is 0.562. The van der Waals surface area contributed by atoms with Crippen molar-refractivity contribution in [3.05, 3.63) is 24.3 Å². The van der Waals surface area contributed by atoms with Gasteiger partial charge >= 0.3 is 5.97 Å². The number of nitriles is 1. The monoisotopic (exact) mass is 366 g/mol. The maximum atomic E-state index is 12.6. The van der Waals surface area contributed by atoms with Crippen LogP contribution in [0.2, 0.25) is 0 Å². The standard InChI is InChI=1S/C15H18N4O5S/c1-2-24-15(20)14(11-16)18-17-12-4-3-5-13(10-12)25(21,22)19-6-8-23-9-7-19/h3-5,10,17H,2,6-9H2,1H3/b18-14+. The highest BCUT2D eigenvalue weighted by Gasteiger charge is 2.26. The Kier molecular flexibility index (Phi) is 6.46. The summed E-state index contributed by atoms with van der Waals surface area (Å²) in [7, 11) is -3.65. The quantitative estimate of drug-likeness (QED) is 0.443. The first kappa shape index (κ1) is 18.9. The normalized spacial score (nSPS) is 16.1. The van der Waals surface area contributed by atoms with Crippen LogP contribution >= 0.6 is 0 Å². The fraction of sp³-hybridized carbons (Fsp3) is 0.400. The smallest absolute Gasteiger partial charge is 0.369 e. The Bertz CT molecular complexity index is 794. The second-order valence-corrected chi connectivity index (χ2v) is 6.89. The zero-order chi connectivity index (χ0) is 18.3. The molecule has 1 aromatic carbocycles. The van der Waals surface area contributed by atoms with E-state index in [9.17, 15) is 13.2 Å². The van der Waals surface area contributed by atoms with Crippen LogP contribution in [0.25, 0.3) is 0 Å². The van der Waals surface area contributed by atoms with E-state index in [0.717, 1.165) is 0 Å². The third-order valence-electron chi connectivity index (χ3n) is 3.31. The third kappa shape index (κ3) is 4.76. The van der Waals surface area contributed by atoms with Gasteiger partial charge in [-0.2, -0.15) is 14.7 Å². The molecule has 1 heterocycles. The average molecular weight is 366 g/mol. The number of benzene rings is 1. The molecular weight excluding hydrogens is 348 g/mol. The molecule has 0 atom stereocenters. The number of esters is 1. The third-order valence-corrected chi connectivity index (χ3v) is 5.21. The highest BCUT2D eigenvalue weighted by molar-refractivity contribution is 7.89. The lowest BCUT2D eigenvalue weighted by atomic mass is 10.3. The van der Waals surface area contributed by atoms with Gasteiger partial charge in [-0.25, -0.2) is 13.2 Å². The van der Waals surface area contributed by atoms with Crippen LogP contribution in [0.4, 0.5) is 5.69 Å². The van der Waals surface area contributed by atoms with Crippen LogP contribution in [-0.4, -0.2) is 57.3 Å². The molecule has 0 bridgehead atoms. The molecule has 1 aromatic rings. The van der Waals surface area contributed by atoms with Gasteiger partial charge in [0, 0.05) is 13.1 Å². The Morgan fingerprint density at radius 2 is 2.16 bits per heavy atom. The highest BCUT2D eigenvalue weighted by atomic mass is 32.2. The number of sulfonamides is 1. The largest absolute Gasteiger partial charge is 0.461 e. The SMILES string of the molecule is CCOC(=O)/C(C#N)=N/Nc1cccc(S(=O)(=O)N2CCOCC2)c1. The zero-order valence-corrected chi connectivity index (χ0v) is 14.5. The number of carbonyl (C=O) groups excluding carboxylic acids is 1. The van der Waals surface area contributed by atoms with Gasteiger partial charge in [-0.05, 0) is 25.1 Å². The summed E-state index contributed by atoms with van der Waals surface area (Å²) < 4.78 is 36.4. The van der Waals surface area contributed by atoms with E-state index in [1.807, 2.05) is 0 Å². The van der Waals surface area contributed by atoms with E-state index in [2.05, 4.69) is 10.5 Å². The molecule has 0 amide bonds. The summed E-state index contributed by atoms with van der Waals surface area (Å²) in [4.78, 5) is 11.6. The van der Waals surface area contributed by atoms with Gasteiger partial charge < -0.3 is 9.47 Å². The van der Waals surface area contributed by atoms with Crippen LogP contribution in [-0.2, 0) is 24.3 Å². The van der Waals surface area contributed by atoms with E-state index in [0.29, 0.717) is 32.0 Å². The number of nitrogens with zero attached hydrogens (tertiary/aromatic N) is 3. The molecule has 1 aliphatic rings. The summed E-state index contributed by atoms with van der Waals surface area (Å²) in [5.74, 6) is -0.852. The number of hydrogen-bond acceptors (Lipinski definition) is 8. The van der Waals surface area contributed by atoms with Crippen LogP contribution in [0.5, 0.6) is 0 Å². The number of rotatable bonds is 6. The molecule has 134 valence electrons. The van der Waals surface area contributed by atoms with Gasteiger partial charge in [0.05, 0.1) is 30.4 Å². The van der Waals surface area contributed by atoms with Crippen molar-refractivity contribution in [2.45, 2.75) is 11.8 Å². The number of nitrogens with one attached hydrogen (secondary N) is 1. The lowest BCUT2D eigenvalue weighted by molar-refractivity contribution is -0.134. The van der Waals surface area contributed by atoms with Crippen LogP contribution < -0.4 is 5.43 Å². The van der Waals surface area contributed by atoms with Crippen molar-refractivity contribution >= 4 is 27.4 Å². The predicted molar refractivity (Wildman–Crippen MR) is 89.3 cm³/mol. The van der Waals surface area contributed by atoms with E-state index in [1.165, 1.54) is 16.4 Å². The minimum absolute atomic E-state index is 0.0873. The van der Waals surface area contributed by atoms with Crippen molar-refractivity contribution in [3.63, 3.8) is 0 Å². The van der Waals surface area contributed by atoms with Crippen LogP contribution in [0.15, 0.2) is 34.3 Å². The van der Waals surface area contributed by atoms with Gasteiger partial charge in [0.1, 0.15) is 6.07 Å². The van der Waals surface area contributed by atoms with Crippen molar-refractivity contribution in [1.29, 1.82) is 5.26 Å². The molecule has 2 rings (SSSR count). The summed E-state index contributed by atoms with van der Waals surface area (Å²) in [6, 6.07) is 7.59. The van der Waals surface area contributed by atoms with Crippen molar-refractivity contribution in [2.24, 2.45) is 5.10 Å². The van der Waals surface area contributed by atoms with Gasteiger partial charge in [-0.3, -0.25) is 5.43 Å². The van der Waals surface area contributed by atoms with Gasteiger partial charge in [0.2, 0.25) is 15.7 Å². The molecule has 0 spiro atoms. The molecule has 25 heavy (non-hydrogen) atoms. The van der Waals surface area contributed by atoms with Crippen LogP contribution in [0, 0.1) is 11.3 Å². The van der Waals surface area contributed by atoms with Gasteiger partial charge in [-0.1, -0.05) is 6.07 Å². The Morgan fingerprint density at radius 3 is 2.80 bits per heavy atom. The molecule has 1 fully saturated rings. The first-order chi connectivity index (χ1) is 12.0. The van der Waals surface area contributed by atoms with Crippen molar-refractivity contribution in [3.8, 4) is 6.07 Å². The van der Waals surface area contributed by atoms with E-state index in [4.69, 9.17) is 14.7 Å². The summed E-state index contributed by atoms with van der Waals surface area (Å²) in [5.41, 5.74) is 2.38. The molecule has 1 aliphatic heterocycles.